The summed E-state index contributed by atoms with van der Waals surface area (Å²) in [5.41, 5.74) is 5.29. The Hall–Kier alpha value is -2.77. The minimum absolute atomic E-state index is 0.583. The number of fused-ring (bicyclic) bond motifs is 1. The van der Waals surface area contributed by atoms with Crippen LogP contribution in [-0.2, 0) is 0 Å². The summed E-state index contributed by atoms with van der Waals surface area (Å²) in [5.74, 6) is 1.55. The molecule has 5 rings (SSSR count). The van der Waals surface area contributed by atoms with E-state index in [1.807, 2.05) is 0 Å². The number of nitrogens with zero attached hydrogens (tertiary/aromatic N) is 3. The van der Waals surface area contributed by atoms with Crippen molar-refractivity contribution in [1.29, 1.82) is 0 Å². The van der Waals surface area contributed by atoms with E-state index in [1.165, 1.54) is 31.6 Å². The predicted octanol–water partition coefficient (Wildman–Crippen LogP) is 4.60. The number of aryl methyl sites for hydroxylation is 1. The van der Waals surface area contributed by atoms with Gasteiger partial charge < -0.3 is 29.6 Å². The summed E-state index contributed by atoms with van der Waals surface area (Å²) in [7, 11) is 3.78. The standard InChI is InChI=1S/C28H39N5O2/c1-20-7-8-23(30-20)25-18-26(33-14-9-21(29-2)10-15-33)22-17-27(34-3)28(19-24(22)31-25)35-16-6-13-32-11-4-5-12-32/h7-8,17-19,21,29-30H,4-6,9-16H2,1-3H3. The van der Waals surface area contributed by atoms with Crippen LogP contribution in [0.4, 0.5) is 5.69 Å². The molecule has 35 heavy (non-hydrogen) atoms. The number of anilines is 1. The molecule has 0 bridgehead atoms. The maximum Gasteiger partial charge on any atom is 0.163 e. The van der Waals surface area contributed by atoms with Crippen LogP contribution in [-0.4, -0.2) is 74.4 Å². The Balaban J connectivity index is 1.45. The summed E-state index contributed by atoms with van der Waals surface area (Å²) in [4.78, 5) is 13.5. The molecule has 2 fully saturated rings. The van der Waals surface area contributed by atoms with E-state index in [9.17, 15) is 0 Å². The van der Waals surface area contributed by atoms with Crippen molar-refractivity contribution >= 4 is 16.6 Å². The van der Waals surface area contributed by atoms with Crippen molar-refractivity contribution in [3.8, 4) is 22.9 Å². The summed E-state index contributed by atoms with van der Waals surface area (Å²) in [6.45, 7) is 8.33. The maximum absolute atomic E-state index is 6.24. The summed E-state index contributed by atoms with van der Waals surface area (Å²) >= 11 is 0. The van der Waals surface area contributed by atoms with Gasteiger partial charge in [0.2, 0.25) is 0 Å². The van der Waals surface area contributed by atoms with Gasteiger partial charge in [-0.15, -0.1) is 0 Å². The number of benzene rings is 1. The fourth-order valence-electron chi connectivity index (χ4n) is 5.43. The van der Waals surface area contributed by atoms with Crippen LogP contribution < -0.4 is 19.7 Å². The number of pyridine rings is 1. The van der Waals surface area contributed by atoms with Crippen LogP contribution in [0, 0.1) is 6.92 Å². The van der Waals surface area contributed by atoms with Crippen LogP contribution in [0.5, 0.6) is 11.5 Å². The lowest BCUT2D eigenvalue weighted by Gasteiger charge is -2.34. The molecule has 2 aromatic heterocycles. The lowest BCUT2D eigenvalue weighted by Crippen LogP contribution is -2.41. The van der Waals surface area contributed by atoms with Crippen LogP contribution in [0.2, 0.25) is 0 Å². The molecule has 3 aromatic rings. The van der Waals surface area contributed by atoms with Crippen LogP contribution in [0.1, 0.15) is 37.8 Å². The van der Waals surface area contributed by atoms with Crippen LogP contribution in [0.25, 0.3) is 22.3 Å². The van der Waals surface area contributed by atoms with E-state index >= 15 is 0 Å². The van der Waals surface area contributed by atoms with E-state index in [-0.39, 0.29) is 0 Å². The van der Waals surface area contributed by atoms with Gasteiger partial charge in [-0.3, -0.25) is 0 Å². The number of ether oxygens (including phenoxy) is 2. The average Bonchev–Trinajstić information content (AvgIpc) is 3.57. The third kappa shape index (κ3) is 5.41. The van der Waals surface area contributed by atoms with Crippen LogP contribution >= 0.6 is 0 Å². The highest BCUT2D eigenvalue weighted by Crippen LogP contribution is 2.39. The lowest BCUT2D eigenvalue weighted by molar-refractivity contribution is 0.254. The quantitative estimate of drug-likeness (QED) is 0.439. The summed E-state index contributed by atoms with van der Waals surface area (Å²) in [6, 6.07) is 11.2. The molecule has 4 heterocycles. The smallest absolute Gasteiger partial charge is 0.163 e. The Morgan fingerprint density at radius 3 is 2.54 bits per heavy atom. The zero-order valence-corrected chi connectivity index (χ0v) is 21.4. The summed E-state index contributed by atoms with van der Waals surface area (Å²) < 4.78 is 12.0. The first kappa shape index (κ1) is 23.9. The molecule has 1 aromatic carbocycles. The van der Waals surface area contributed by atoms with Crippen LogP contribution in [0.3, 0.4) is 0 Å². The topological polar surface area (TPSA) is 65.7 Å². The number of hydrogen-bond donors (Lipinski definition) is 2. The van der Waals surface area contributed by atoms with Crippen molar-refractivity contribution in [3.05, 3.63) is 36.0 Å². The van der Waals surface area contributed by atoms with Gasteiger partial charge in [0.1, 0.15) is 0 Å². The minimum atomic E-state index is 0.583. The molecule has 0 unspecified atom stereocenters. The van der Waals surface area contributed by atoms with Gasteiger partial charge in [-0.2, -0.15) is 0 Å². The first-order chi connectivity index (χ1) is 17.1. The van der Waals surface area contributed by atoms with E-state index in [4.69, 9.17) is 14.5 Å². The van der Waals surface area contributed by atoms with Crippen LogP contribution in [0.15, 0.2) is 30.3 Å². The molecule has 2 saturated heterocycles. The second kappa shape index (κ2) is 10.9. The summed E-state index contributed by atoms with van der Waals surface area (Å²) in [6.07, 6.45) is 5.92. The van der Waals surface area contributed by atoms with Crippen molar-refractivity contribution in [2.24, 2.45) is 0 Å². The zero-order chi connectivity index (χ0) is 24.2. The first-order valence-corrected chi connectivity index (χ1v) is 13.1. The number of nitrogens with one attached hydrogen (secondary N) is 2. The molecular weight excluding hydrogens is 438 g/mol. The highest BCUT2D eigenvalue weighted by molar-refractivity contribution is 5.96. The Bertz CT molecular complexity index is 1130. The number of likely N-dealkylation sites (tertiary alicyclic amines) is 1. The van der Waals surface area contributed by atoms with Gasteiger partial charge in [0.05, 0.1) is 30.6 Å². The highest BCUT2D eigenvalue weighted by Gasteiger charge is 2.22. The van der Waals surface area contributed by atoms with Gasteiger partial charge in [0, 0.05) is 48.5 Å². The Kier molecular flexibility index (Phi) is 7.44. The van der Waals surface area contributed by atoms with Gasteiger partial charge in [0.15, 0.2) is 11.5 Å². The highest BCUT2D eigenvalue weighted by atomic mass is 16.5. The van der Waals surface area contributed by atoms with Crippen molar-refractivity contribution in [3.63, 3.8) is 0 Å². The van der Waals surface area contributed by atoms with E-state index in [2.05, 4.69) is 64.4 Å². The largest absolute Gasteiger partial charge is 0.493 e. The Morgan fingerprint density at radius 1 is 1.06 bits per heavy atom. The maximum atomic E-state index is 6.24. The fraction of sp³-hybridized carbons (Fsp3) is 0.536. The molecule has 0 saturated carbocycles. The number of aromatic nitrogens is 2. The molecule has 2 aliphatic heterocycles. The monoisotopic (exact) mass is 477 g/mol. The van der Waals surface area contributed by atoms with Crippen molar-refractivity contribution in [2.75, 3.05) is 58.4 Å². The van der Waals surface area contributed by atoms with Gasteiger partial charge in [-0.05, 0) is 83.4 Å². The van der Waals surface area contributed by atoms with E-state index in [0.29, 0.717) is 12.6 Å². The molecular formula is C28H39N5O2. The number of hydrogen-bond acceptors (Lipinski definition) is 6. The van der Waals surface area contributed by atoms with E-state index in [0.717, 1.165) is 78.4 Å². The van der Waals surface area contributed by atoms with Gasteiger partial charge >= 0.3 is 0 Å². The number of aromatic amines is 1. The van der Waals surface area contributed by atoms with Gasteiger partial charge in [-0.25, -0.2) is 4.98 Å². The molecule has 7 nitrogen and oxygen atoms in total. The Labute approximate surface area is 208 Å². The van der Waals surface area contributed by atoms with Crippen molar-refractivity contribution in [1.82, 2.24) is 20.2 Å². The number of methoxy groups -OCH3 is 1. The van der Waals surface area contributed by atoms with Gasteiger partial charge in [-0.1, -0.05) is 0 Å². The van der Waals surface area contributed by atoms with Crippen molar-refractivity contribution < 1.29 is 9.47 Å². The molecule has 0 spiro atoms. The predicted molar refractivity (Wildman–Crippen MR) is 143 cm³/mol. The Morgan fingerprint density at radius 2 is 1.86 bits per heavy atom. The molecule has 0 radical (unpaired) electrons. The molecule has 7 heteroatoms. The second-order valence-corrected chi connectivity index (χ2v) is 9.90. The van der Waals surface area contributed by atoms with E-state index in [1.54, 1.807) is 7.11 Å². The molecule has 0 atom stereocenters. The molecule has 2 N–H and O–H groups in total. The molecule has 188 valence electrons. The zero-order valence-electron chi connectivity index (χ0n) is 21.4. The van der Waals surface area contributed by atoms with Gasteiger partial charge in [0.25, 0.3) is 0 Å². The molecule has 0 amide bonds. The first-order valence-electron chi connectivity index (χ1n) is 13.1. The normalized spacial score (nSPS) is 17.4. The fourth-order valence-corrected chi connectivity index (χ4v) is 5.43. The number of H-pyrrole nitrogens is 1. The average molecular weight is 478 g/mol. The summed E-state index contributed by atoms with van der Waals surface area (Å²) in [5, 5.41) is 4.55. The third-order valence-corrected chi connectivity index (χ3v) is 7.50. The SMILES string of the molecule is CNC1CCN(c2cc(-c3ccc(C)[nH]3)nc3cc(OCCCN4CCCC4)c(OC)cc23)CC1. The molecule has 0 aliphatic carbocycles. The number of piperidine rings is 1. The lowest BCUT2D eigenvalue weighted by atomic mass is 10.0. The minimum Gasteiger partial charge on any atom is -0.493 e. The molecule has 2 aliphatic rings. The number of rotatable bonds is 9. The third-order valence-electron chi connectivity index (χ3n) is 7.50. The van der Waals surface area contributed by atoms with E-state index < -0.39 is 0 Å². The van der Waals surface area contributed by atoms with Crippen molar-refractivity contribution in [2.45, 2.75) is 45.1 Å². The second-order valence-electron chi connectivity index (χ2n) is 9.90.